The number of nitrogens with one attached hydrogen (secondary N) is 1. The van der Waals surface area contributed by atoms with E-state index in [0.717, 1.165) is 28.5 Å². The van der Waals surface area contributed by atoms with E-state index >= 15 is 0 Å². The highest BCUT2D eigenvalue weighted by Gasteiger charge is 2.34. The molecule has 0 spiro atoms. The summed E-state index contributed by atoms with van der Waals surface area (Å²) < 4.78 is 40.5. The van der Waals surface area contributed by atoms with Crippen molar-refractivity contribution in [1.29, 1.82) is 0 Å². The van der Waals surface area contributed by atoms with Gasteiger partial charge in [-0.3, -0.25) is 4.90 Å². The number of benzene rings is 2. The summed E-state index contributed by atoms with van der Waals surface area (Å²) in [5.41, 5.74) is 3.23. The van der Waals surface area contributed by atoms with Gasteiger partial charge in [0.25, 0.3) is 0 Å². The van der Waals surface area contributed by atoms with Crippen molar-refractivity contribution in [3.8, 4) is 22.8 Å². The second kappa shape index (κ2) is 9.34. The van der Waals surface area contributed by atoms with E-state index in [1.54, 1.807) is 35.4 Å². The number of aryl methyl sites for hydroxylation is 1. The molecule has 3 heterocycles. The Hall–Kier alpha value is -4.21. The number of carbonyl (C=O) groups is 1. The number of carbonyl (C=O) groups excluding carboxylic acids is 1. The Morgan fingerprint density at radius 1 is 1.05 bits per heavy atom. The molecule has 4 aromatic rings. The number of hydrogen-bond acceptors (Lipinski definition) is 4. The van der Waals surface area contributed by atoms with E-state index in [1.807, 2.05) is 24.3 Å². The number of hydrogen-bond donors (Lipinski definition) is 1. The van der Waals surface area contributed by atoms with Gasteiger partial charge in [0.1, 0.15) is 11.6 Å². The first-order valence-corrected chi connectivity index (χ1v) is 11.8. The zero-order valence-corrected chi connectivity index (χ0v) is 20.5. The van der Waals surface area contributed by atoms with Gasteiger partial charge in [-0.1, -0.05) is 62.4 Å². The normalized spacial score (nSPS) is 13.6. The first-order valence-electron chi connectivity index (χ1n) is 11.8. The van der Waals surface area contributed by atoms with Crippen LogP contribution in [0.5, 0.6) is 0 Å². The fourth-order valence-electron chi connectivity index (χ4n) is 4.41. The molecule has 0 fully saturated rings. The Morgan fingerprint density at radius 3 is 2.46 bits per heavy atom. The average Bonchev–Trinajstić information content (AvgIpc) is 3.28. The number of fused-ring (bicyclic) bond motifs is 1. The molecular formula is C27H25F3N6O. The van der Waals surface area contributed by atoms with Crippen LogP contribution in [0.1, 0.15) is 42.1 Å². The van der Waals surface area contributed by atoms with Crippen LogP contribution in [-0.4, -0.2) is 25.6 Å². The van der Waals surface area contributed by atoms with E-state index in [1.165, 1.54) is 11.6 Å². The second-order valence-electron chi connectivity index (χ2n) is 9.28. The van der Waals surface area contributed by atoms with Gasteiger partial charge >= 0.3 is 12.2 Å². The van der Waals surface area contributed by atoms with Crippen LogP contribution in [0.25, 0.3) is 22.8 Å². The molecule has 0 aliphatic carbocycles. The maximum absolute atomic E-state index is 13.0. The Labute approximate surface area is 212 Å². The standard InChI is InChI=1S/C27H25F3N6O/c1-16(2)20-6-4-5-7-21(20)23-31-12-19-13-32-26(37)36(25(19)34-23)14-17-8-10-18(11-9-17)24-33-22(15-35(24)3)27(28,29)30/h4-12,15-16H,13-14H2,1-3H3,(H,32,37). The van der Waals surface area contributed by atoms with Gasteiger partial charge in [0.2, 0.25) is 0 Å². The van der Waals surface area contributed by atoms with E-state index in [-0.39, 0.29) is 24.3 Å². The molecule has 10 heteroatoms. The van der Waals surface area contributed by atoms with Crippen LogP contribution in [0.4, 0.5) is 23.8 Å². The number of anilines is 1. The molecule has 0 atom stereocenters. The summed E-state index contributed by atoms with van der Waals surface area (Å²) in [7, 11) is 1.52. The Kier molecular flexibility index (Phi) is 6.18. The molecule has 2 aromatic carbocycles. The van der Waals surface area contributed by atoms with Gasteiger partial charge in [0.05, 0.1) is 6.54 Å². The van der Waals surface area contributed by atoms with Gasteiger partial charge < -0.3 is 9.88 Å². The van der Waals surface area contributed by atoms with E-state index in [0.29, 0.717) is 23.8 Å². The van der Waals surface area contributed by atoms with E-state index in [2.05, 4.69) is 29.1 Å². The smallest absolute Gasteiger partial charge is 0.333 e. The zero-order valence-electron chi connectivity index (χ0n) is 20.5. The van der Waals surface area contributed by atoms with Crippen molar-refractivity contribution >= 4 is 11.8 Å². The molecule has 1 N–H and O–H groups in total. The highest BCUT2D eigenvalue weighted by molar-refractivity contribution is 5.93. The van der Waals surface area contributed by atoms with Crippen LogP contribution < -0.4 is 10.2 Å². The lowest BCUT2D eigenvalue weighted by atomic mass is 9.97. The molecular weight excluding hydrogens is 481 g/mol. The van der Waals surface area contributed by atoms with Gasteiger partial charge in [-0.25, -0.2) is 19.7 Å². The molecule has 1 aliphatic rings. The summed E-state index contributed by atoms with van der Waals surface area (Å²) in [5.74, 6) is 1.57. The van der Waals surface area contributed by atoms with Crippen molar-refractivity contribution < 1.29 is 18.0 Å². The second-order valence-corrected chi connectivity index (χ2v) is 9.28. The molecule has 2 aromatic heterocycles. The molecule has 7 nitrogen and oxygen atoms in total. The fourth-order valence-corrected chi connectivity index (χ4v) is 4.41. The fraction of sp³-hybridized carbons (Fsp3) is 0.259. The van der Waals surface area contributed by atoms with Gasteiger partial charge in [-0.05, 0) is 17.0 Å². The minimum absolute atomic E-state index is 0.209. The van der Waals surface area contributed by atoms with Crippen molar-refractivity contribution in [2.75, 3.05) is 4.90 Å². The monoisotopic (exact) mass is 506 g/mol. The predicted molar refractivity (Wildman–Crippen MR) is 134 cm³/mol. The predicted octanol–water partition coefficient (Wildman–Crippen LogP) is 5.92. The Bertz CT molecular complexity index is 1460. The van der Waals surface area contributed by atoms with Crippen molar-refractivity contribution in [2.24, 2.45) is 7.05 Å². The highest BCUT2D eigenvalue weighted by atomic mass is 19.4. The third-order valence-corrected chi connectivity index (χ3v) is 6.32. The van der Waals surface area contributed by atoms with Gasteiger partial charge in [-0.2, -0.15) is 13.2 Å². The van der Waals surface area contributed by atoms with Crippen LogP contribution in [0, 0.1) is 0 Å². The molecule has 0 saturated heterocycles. The zero-order chi connectivity index (χ0) is 26.3. The summed E-state index contributed by atoms with van der Waals surface area (Å²) in [4.78, 5) is 27.5. The lowest BCUT2D eigenvalue weighted by Crippen LogP contribution is -2.44. The molecule has 0 saturated carbocycles. The van der Waals surface area contributed by atoms with Crippen LogP contribution >= 0.6 is 0 Å². The molecule has 2 amide bonds. The van der Waals surface area contributed by atoms with E-state index in [9.17, 15) is 18.0 Å². The molecule has 37 heavy (non-hydrogen) atoms. The third-order valence-electron chi connectivity index (χ3n) is 6.32. The largest absolute Gasteiger partial charge is 0.434 e. The summed E-state index contributed by atoms with van der Waals surface area (Å²) in [5, 5.41) is 2.85. The maximum atomic E-state index is 13.0. The molecule has 0 bridgehead atoms. The van der Waals surface area contributed by atoms with Crippen molar-refractivity contribution in [2.45, 2.75) is 39.0 Å². The Balaban J connectivity index is 1.44. The van der Waals surface area contributed by atoms with Crippen molar-refractivity contribution in [1.82, 2.24) is 24.8 Å². The van der Waals surface area contributed by atoms with Crippen LogP contribution in [0.3, 0.4) is 0 Å². The number of imidazole rings is 1. The topological polar surface area (TPSA) is 75.9 Å². The summed E-state index contributed by atoms with van der Waals surface area (Å²) >= 11 is 0. The van der Waals surface area contributed by atoms with Crippen LogP contribution in [-0.2, 0) is 26.3 Å². The average molecular weight is 507 g/mol. The summed E-state index contributed by atoms with van der Waals surface area (Å²) in [6, 6.07) is 14.6. The Morgan fingerprint density at radius 2 is 1.78 bits per heavy atom. The van der Waals surface area contributed by atoms with Crippen molar-refractivity contribution in [3.05, 3.63) is 83.3 Å². The van der Waals surface area contributed by atoms with E-state index in [4.69, 9.17) is 4.98 Å². The molecule has 190 valence electrons. The first kappa shape index (κ1) is 24.5. The highest BCUT2D eigenvalue weighted by Crippen LogP contribution is 2.32. The third kappa shape index (κ3) is 4.78. The maximum Gasteiger partial charge on any atom is 0.434 e. The lowest BCUT2D eigenvalue weighted by molar-refractivity contribution is -0.140. The molecule has 5 rings (SSSR count). The summed E-state index contributed by atoms with van der Waals surface area (Å²) in [6.07, 6.45) is -1.81. The lowest BCUT2D eigenvalue weighted by Gasteiger charge is -2.29. The molecule has 0 unspecified atom stereocenters. The quantitative estimate of drug-likeness (QED) is 0.365. The number of aromatic nitrogens is 4. The number of alkyl halides is 3. The van der Waals surface area contributed by atoms with Crippen molar-refractivity contribution in [3.63, 3.8) is 0 Å². The first-order chi connectivity index (χ1) is 17.6. The minimum atomic E-state index is -4.51. The number of urea groups is 1. The van der Waals surface area contributed by atoms with Crippen LogP contribution in [0.15, 0.2) is 60.9 Å². The van der Waals surface area contributed by atoms with Crippen LogP contribution in [0.2, 0.25) is 0 Å². The minimum Gasteiger partial charge on any atom is -0.333 e. The molecule has 0 radical (unpaired) electrons. The molecule has 1 aliphatic heterocycles. The number of nitrogens with zero attached hydrogens (tertiary/aromatic N) is 5. The van der Waals surface area contributed by atoms with Gasteiger partial charge in [0, 0.05) is 42.7 Å². The van der Waals surface area contributed by atoms with Gasteiger partial charge in [-0.15, -0.1) is 0 Å². The number of rotatable bonds is 5. The van der Waals surface area contributed by atoms with E-state index < -0.39 is 11.9 Å². The number of halogens is 3. The summed E-state index contributed by atoms with van der Waals surface area (Å²) in [6.45, 7) is 4.78. The number of amides is 2. The van der Waals surface area contributed by atoms with Gasteiger partial charge in [0.15, 0.2) is 11.5 Å². The SMILES string of the molecule is CC(C)c1ccccc1-c1ncc2c(n1)N(Cc1ccc(-c3nc(C(F)(F)F)cn3C)cc1)C(=O)NC2.